The Balaban J connectivity index is 2.38. The topological polar surface area (TPSA) is 60.9 Å². The van der Waals surface area contributed by atoms with Gasteiger partial charge in [0.2, 0.25) is 0 Å². The highest BCUT2D eigenvalue weighted by molar-refractivity contribution is 6.00. The van der Waals surface area contributed by atoms with Crippen LogP contribution in [0.2, 0.25) is 0 Å². The van der Waals surface area contributed by atoms with Crippen molar-refractivity contribution in [3.63, 3.8) is 0 Å². The van der Waals surface area contributed by atoms with Gasteiger partial charge >= 0.3 is 11.6 Å². The molecule has 3 aromatic rings. The lowest BCUT2D eigenvalue weighted by Gasteiger charge is -2.00. The molecule has 3 aromatic heterocycles. The van der Waals surface area contributed by atoms with E-state index in [-0.39, 0.29) is 12.2 Å². The Kier molecular flexibility index (Phi) is 3.25. The van der Waals surface area contributed by atoms with Gasteiger partial charge in [0.1, 0.15) is 5.56 Å². The second kappa shape index (κ2) is 5.09. The fourth-order valence-corrected chi connectivity index (χ4v) is 2.57. The van der Waals surface area contributed by atoms with Crippen LogP contribution in [0.1, 0.15) is 29.9 Å². The van der Waals surface area contributed by atoms with Gasteiger partial charge in [-0.25, -0.2) is 9.59 Å². The van der Waals surface area contributed by atoms with Crippen LogP contribution < -0.4 is 5.63 Å². The molecule has 0 aliphatic carbocycles. The van der Waals surface area contributed by atoms with Crippen LogP contribution in [0.25, 0.3) is 16.5 Å². The molecule has 108 valence electrons. The summed E-state index contributed by atoms with van der Waals surface area (Å²) in [6, 6.07) is 7.31. The third-order valence-electron chi connectivity index (χ3n) is 3.47. The van der Waals surface area contributed by atoms with E-state index in [9.17, 15) is 9.59 Å². The molecule has 0 aromatic carbocycles. The van der Waals surface area contributed by atoms with Crippen molar-refractivity contribution in [3.05, 3.63) is 52.1 Å². The molecule has 0 amide bonds. The predicted octanol–water partition coefficient (Wildman–Crippen LogP) is 2.78. The monoisotopic (exact) mass is 285 g/mol. The number of pyridine rings is 1. The number of hydrogen-bond donors (Lipinski definition) is 0. The summed E-state index contributed by atoms with van der Waals surface area (Å²) in [6.45, 7) is 3.90. The van der Waals surface area contributed by atoms with E-state index >= 15 is 0 Å². The Morgan fingerprint density at radius 1 is 1.33 bits per heavy atom. The second-order valence-electron chi connectivity index (χ2n) is 4.67. The third kappa shape index (κ3) is 2.01. The first-order chi connectivity index (χ1) is 10.2. The molecule has 5 heteroatoms. The van der Waals surface area contributed by atoms with Gasteiger partial charge in [0.05, 0.1) is 17.8 Å². The van der Waals surface area contributed by atoms with Crippen LogP contribution in [-0.4, -0.2) is 17.0 Å². The second-order valence-corrected chi connectivity index (χ2v) is 4.67. The quantitative estimate of drug-likeness (QED) is 0.694. The van der Waals surface area contributed by atoms with Crippen LogP contribution in [0.3, 0.4) is 0 Å². The van der Waals surface area contributed by atoms with E-state index in [1.807, 2.05) is 35.7 Å². The molecule has 3 heterocycles. The number of carbonyl (C=O) groups is 1. The zero-order valence-corrected chi connectivity index (χ0v) is 11.9. The Labute approximate surface area is 120 Å². The Hall–Kier alpha value is -2.56. The molecule has 0 unspecified atom stereocenters. The summed E-state index contributed by atoms with van der Waals surface area (Å²) in [5, 5.41) is 0.745. The lowest BCUT2D eigenvalue weighted by atomic mass is 10.2. The van der Waals surface area contributed by atoms with Crippen molar-refractivity contribution in [1.82, 2.24) is 4.40 Å². The summed E-state index contributed by atoms with van der Waals surface area (Å²) in [7, 11) is 0. The molecule has 21 heavy (non-hydrogen) atoms. The molecule has 0 aliphatic rings. The maximum absolute atomic E-state index is 12.0. The van der Waals surface area contributed by atoms with Crippen molar-refractivity contribution >= 4 is 22.5 Å². The van der Waals surface area contributed by atoms with Gasteiger partial charge in [-0.1, -0.05) is 13.0 Å². The van der Waals surface area contributed by atoms with E-state index in [2.05, 4.69) is 0 Å². The summed E-state index contributed by atoms with van der Waals surface area (Å²) in [5.74, 6) is -0.651. The van der Waals surface area contributed by atoms with Gasteiger partial charge in [-0.05, 0) is 31.5 Å². The molecular formula is C16H15NO4. The summed E-state index contributed by atoms with van der Waals surface area (Å²) < 4.78 is 12.3. The van der Waals surface area contributed by atoms with Crippen LogP contribution in [0.15, 0.2) is 39.7 Å². The average molecular weight is 285 g/mol. The van der Waals surface area contributed by atoms with Crippen molar-refractivity contribution in [1.29, 1.82) is 0 Å². The van der Waals surface area contributed by atoms with Gasteiger partial charge in [-0.15, -0.1) is 0 Å². The Morgan fingerprint density at radius 3 is 2.86 bits per heavy atom. The first-order valence-electron chi connectivity index (χ1n) is 6.90. The standard InChI is InChI=1S/C16H15NO4/c1-3-12-14-10(13-7-5-6-8-17(12)13)9-11(16(19)21-14)15(18)20-4-2/h5-9H,3-4H2,1-2H3. The van der Waals surface area contributed by atoms with E-state index in [1.165, 1.54) is 0 Å². The van der Waals surface area contributed by atoms with E-state index < -0.39 is 11.6 Å². The van der Waals surface area contributed by atoms with Gasteiger partial charge in [-0.2, -0.15) is 0 Å². The number of hydrogen-bond acceptors (Lipinski definition) is 4. The summed E-state index contributed by atoms with van der Waals surface area (Å²) in [4.78, 5) is 23.9. The summed E-state index contributed by atoms with van der Waals surface area (Å²) in [6.07, 6.45) is 2.63. The van der Waals surface area contributed by atoms with Crippen molar-refractivity contribution in [2.75, 3.05) is 6.61 Å². The molecule has 0 saturated carbocycles. The zero-order valence-electron chi connectivity index (χ0n) is 11.9. The number of aromatic nitrogens is 1. The van der Waals surface area contributed by atoms with Crippen LogP contribution in [0.4, 0.5) is 0 Å². The number of fused-ring (bicyclic) bond motifs is 3. The minimum atomic E-state index is -0.661. The summed E-state index contributed by atoms with van der Waals surface area (Å²) >= 11 is 0. The van der Waals surface area contributed by atoms with E-state index in [0.29, 0.717) is 5.58 Å². The molecular weight excluding hydrogens is 270 g/mol. The highest BCUT2D eigenvalue weighted by atomic mass is 16.5. The third-order valence-corrected chi connectivity index (χ3v) is 3.47. The molecule has 0 radical (unpaired) electrons. The van der Waals surface area contributed by atoms with Gasteiger partial charge in [0, 0.05) is 11.6 Å². The molecule has 0 saturated heterocycles. The zero-order chi connectivity index (χ0) is 15.0. The van der Waals surface area contributed by atoms with Crippen molar-refractivity contribution in [3.8, 4) is 0 Å². The lowest BCUT2D eigenvalue weighted by molar-refractivity contribution is 0.0522. The first kappa shape index (κ1) is 13.4. The van der Waals surface area contributed by atoms with Crippen LogP contribution in [0.5, 0.6) is 0 Å². The van der Waals surface area contributed by atoms with Crippen molar-refractivity contribution in [2.45, 2.75) is 20.3 Å². The number of rotatable bonds is 3. The van der Waals surface area contributed by atoms with Gasteiger partial charge < -0.3 is 13.6 Å². The normalized spacial score (nSPS) is 11.1. The predicted molar refractivity (Wildman–Crippen MR) is 78.8 cm³/mol. The van der Waals surface area contributed by atoms with Crippen LogP contribution >= 0.6 is 0 Å². The molecule has 0 N–H and O–H groups in total. The molecule has 0 spiro atoms. The lowest BCUT2D eigenvalue weighted by Crippen LogP contribution is -2.16. The minimum absolute atomic E-state index is 0.0663. The van der Waals surface area contributed by atoms with Crippen LogP contribution in [-0.2, 0) is 11.2 Å². The van der Waals surface area contributed by atoms with Gasteiger partial charge in [0.15, 0.2) is 5.58 Å². The average Bonchev–Trinajstić information content (AvgIpc) is 2.79. The van der Waals surface area contributed by atoms with E-state index in [0.717, 1.165) is 23.0 Å². The number of carbonyl (C=O) groups excluding carboxylic acids is 1. The van der Waals surface area contributed by atoms with Crippen molar-refractivity contribution in [2.24, 2.45) is 0 Å². The maximum atomic E-state index is 12.0. The first-order valence-corrected chi connectivity index (χ1v) is 6.90. The van der Waals surface area contributed by atoms with Crippen molar-refractivity contribution < 1.29 is 13.9 Å². The van der Waals surface area contributed by atoms with Gasteiger partial charge in [-0.3, -0.25) is 0 Å². The maximum Gasteiger partial charge on any atom is 0.351 e. The molecule has 3 rings (SSSR count). The molecule has 5 nitrogen and oxygen atoms in total. The molecule has 0 fully saturated rings. The molecule has 0 bridgehead atoms. The fourth-order valence-electron chi connectivity index (χ4n) is 2.57. The fraction of sp³-hybridized carbons (Fsp3) is 0.250. The smallest absolute Gasteiger partial charge is 0.351 e. The number of ether oxygens (including phenoxy) is 1. The van der Waals surface area contributed by atoms with E-state index in [4.69, 9.17) is 9.15 Å². The number of aryl methyl sites for hydroxylation is 1. The summed E-state index contributed by atoms with van der Waals surface area (Å²) in [5.41, 5.74) is 1.61. The van der Waals surface area contributed by atoms with E-state index in [1.54, 1.807) is 13.0 Å². The number of nitrogens with zero attached hydrogens (tertiary/aromatic N) is 1. The molecule has 0 aliphatic heterocycles. The largest absolute Gasteiger partial charge is 0.462 e. The highest BCUT2D eigenvalue weighted by Crippen LogP contribution is 2.26. The highest BCUT2D eigenvalue weighted by Gasteiger charge is 2.19. The Morgan fingerprint density at radius 2 is 2.14 bits per heavy atom. The van der Waals surface area contributed by atoms with Gasteiger partial charge in [0.25, 0.3) is 0 Å². The SMILES string of the molecule is CCOC(=O)c1cc2c(oc1=O)c(CC)n1ccccc21. The molecule has 0 atom stereocenters. The minimum Gasteiger partial charge on any atom is -0.462 e. The Bertz CT molecular complexity index is 888. The number of esters is 1. The van der Waals surface area contributed by atoms with Crippen LogP contribution in [0, 0.1) is 0 Å².